The third-order valence-electron chi connectivity index (χ3n) is 2.48. The molecule has 0 atom stereocenters. The predicted octanol–water partition coefficient (Wildman–Crippen LogP) is 0.0553. The van der Waals surface area contributed by atoms with Gasteiger partial charge in [0.1, 0.15) is 0 Å². The minimum Gasteiger partial charge on any atom is -0.454 e. The molecule has 1 aliphatic heterocycles. The molecule has 2 rings (SSSR count). The molecule has 0 saturated carbocycles. The Balaban J connectivity index is 2.13. The summed E-state index contributed by atoms with van der Waals surface area (Å²) in [5.41, 5.74) is 11.4. The Hall–Kier alpha value is -2.44. The molecule has 0 spiro atoms. The Bertz CT molecular complexity index is 496. The van der Waals surface area contributed by atoms with Crippen molar-refractivity contribution < 1.29 is 9.47 Å². The highest BCUT2D eigenvalue weighted by Gasteiger charge is 2.18. The van der Waals surface area contributed by atoms with Gasteiger partial charge in [-0.3, -0.25) is 5.41 Å². The summed E-state index contributed by atoms with van der Waals surface area (Å²) in [6.45, 7) is 0.684. The SMILES string of the molecule is CN(Cc1cccc2c1OCO2)C(=N)N=C(N)N. The Morgan fingerprint density at radius 2 is 2.22 bits per heavy atom. The fourth-order valence-electron chi connectivity index (χ4n) is 1.65. The van der Waals surface area contributed by atoms with Crippen molar-refractivity contribution in [1.29, 1.82) is 5.41 Å². The number of ether oxygens (including phenoxy) is 2. The van der Waals surface area contributed by atoms with Crippen molar-refractivity contribution in [2.45, 2.75) is 6.54 Å². The van der Waals surface area contributed by atoms with E-state index in [4.69, 9.17) is 26.4 Å². The Labute approximate surface area is 104 Å². The lowest BCUT2D eigenvalue weighted by Crippen LogP contribution is -2.30. The number of benzene rings is 1. The highest BCUT2D eigenvalue weighted by molar-refractivity contribution is 5.91. The molecule has 5 N–H and O–H groups in total. The second-order valence-corrected chi connectivity index (χ2v) is 3.87. The molecule has 0 radical (unpaired) electrons. The van der Waals surface area contributed by atoms with Crippen LogP contribution in [0.4, 0.5) is 0 Å². The van der Waals surface area contributed by atoms with Crippen molar-refractivity contribution in [1.82, 2.24) is 4.90 Å². The van der Waals surface area contributed by atoms with Crippen molar-refractivity contribution >= 4 is 11.9 Å². The van der Waals surface area contributed by atoms with Gasteiger partial charge in [-0.1, -0.05) is 12.1 Å². The molecule has 0 unspecified atom stereocenters. The van der Waals surface area contributed by atoms with Crippen molar-refractivity contribution in [3.8, 4) is 11.5 Å². The van der Waals surface area contributed by atoms with Gasteiger partial charge in [0.2, 0.25) is 12.8 Å². The zero-order valence-electron chi connectivity index (χ0n) is 10.0. The van der Waals surface area contributed by atoms with Crippen molar-refractivity contribution in [2.75, 3.05) is 13.8 Å². The predicted molar refractivity (Wildman–Crippen MR) is 67.6 cm³/mol. The average Bonchev–Trinajstić information content (AvgIpc) is 2.77. The number of nitrogens with two attached hydrogens (primary N) is 2. The van der Waals surface area contributed by atoms with Gasteiger partial charge >= 0.3 is 0 Å². The summed E-state index contributed by atoms with van der Waals surface area (Å²) in [5.74, 6) is 1.28. The highest BCUT2D eigenvalue weighted by atomic mass is 16.7. The highest BCUT2D eigenvalue weighted by Crippen LogP contribution is 2.35. The van der Waals surface area contributed by atoms with Crippen LogP contribution in [0, 0.1) is 5.41 Å². The molecule has 18 heavy (non-hydrogen) atoms. The molecule has 96 valence electrons. The first-order chi connectivity index (χ1) is 8.58. The van der Waals surface area contributed by atoms with Gasteiger partial charge < -0.3 is 25.8 Å². The Morgan fingerprint density at radius 1 is 1.44 bits per heavy atom. The van der Waals surface area contributed by atoms with Crippen molar-refractivity contribution in [3.05, 3.63) is 23.8 Å². The molecule has 1 heterocycles. The van der Waals surface area contributed by atoms with Crippen LogP contribution in [0.25, 0.3) is 0 Å². The van der Waals surface area contributed by atoms with E-state index in [2.05, 4.69) is 4.99 Å². The van der Waals surface area contributed by atoms with E-state index in [-0.39, 0.29) is 18.7 Å². The van der Waals surface area contributed by atoms with E-state index in [1.165, 1.54) is 0 Å². The number of nitrogens with one attached hydrogen (secondary N) is 1. The summed E-state index contributed by atoms with van der Waals surface area (Å²) in [6.07, 6.45) is 0. The number of hydrogen-bond acceptors (Lipinski definition) is 3. The molecule has 7 nitrogen and oxygen atoms in total. The lowest BCUT2D eigenvalue weighted by atomic mass is 10.2. The van der Waals surface area contributed by atoms with Gasteiger partial charge in [0.15, 0.2) is 17.5 Å². The van der Waals surface area contributed by atoms with Gasteiger partial charge in [0.05, 0.1) is 0 Å². The fourth-order valence-corrected chi connectivity index (χ4v) is 1.65. The second-order valence-electron chi connectivity index (χ2n) is 3.87. The van der Waals surface area contributed by atoms with Crippen LogP contribution in [0.3, 0.4) is 0 Å². The topological polar surface area (TPSA) is 110 Å². The lowest BCUT2D eigenvalue weighted by Gasteiger charge is -2.17. The first-order valence-corrected chi connectivity index (χ1v) is 5.34. The van der Waals surface area contributed by atoms with Crippen LogP contribution in [0.5, 0.6) is 11.5 Å². The molecule has 0 aromatic heterocycles. The maximum Gasteiger partial charge on any atom is 0.231 e. The number of guanidine groups is 2. The standard InChI is InChI=1S/C11H15N5O2/c1-16(11(14)15-10(12)13)5-7-3-2-4-8-9(7)18-6-17-8/h2-4H,5-6H2,1H3,(H5,12,13,14,15). The zero-order valence-corrected chi connectivity index (χ0v) is 10.0. The summed E-state index contributed by atoms with van der Waals surface area (Å²) in [4.78, 5) is 5.28. The normalized spacial score (nSPS) is 12.1. The number of hydrogen-bond donors (Lipinski definition) is 3. The van der Waals surface area contributed by atoms with E-state index in [1.807, 2.05) is 18.2 Å². The molecular formula is C11H15N5O2. The van der Waals surface area contributed by atoms with Gasteiger partial charge in [-0.15, -0.1) is 0 Å². The van der Waals surface area contributed by atoms with Gasteiger partial charge in [-0.25, -0.2) is 0 Å². The lowest BCUT2D eigenvalue weighted by molar-refractivity contribution is 0.173. The van der Waals surface area contributed by atoms with Gasteiger partial charge in [0.25, 0.3) is 0 Å². The minimum absolute atomic E-state index is 0.00785. The molecule has 0 bridgehead atoms. The molecule has 1 aliphatic rings. The molecular weight excluding hydrogens is 234 g/mol. The molecule has 0 saturated heterocycles. The maximum absolute atomic E-state index is 7.68. The van der Waals surface area contributed by atoms with E-state index < -0.39 is 0 Å². The molecule has 0 amide bonds. The van der Waals surface area contributed by atoms with E-state index in [9.17, 15) is 0 Å². The molecule has 0 fully saturated rings. The summed E-state index contributed by atoms with van der Waals surface area (Å²) in [7, 11) is 1.73. The smallest absolute Gasteiger partial charge is 0.231 e. The monoisotopic (exact) mass is 249 g/mol. The quantitative estimate of drug-likeness (QED) is 0.507. The molecule has 1 aromatic rings. The minimum atomic E-state index is -0.135. The van der Waals surface area contributed by atoms with Crippen LogP contribution >= 0.6 is 0 Å². The number of fused-ring (bicyclic) bond motifs is 1. The van der Waals surface area contributed by atoms with Crippen LogP contribution in [0.2, 0.25) is 0 Å². The number of aliphatic imine (C=N–C) groups is 1. The Kier molecular flexibility index (Phi) is 3.22. The molecule has 7 heteroatoms. The van der Waals surface area contributed by atoms with Crippen LogP contribution in [0.15, 0.2) is 23.2 Å². The third-order valence-corrected chi connectivity index (χ3v) is 2.48. The van der Waals surface area contributed by atoms with E-state index in [0.717, 1.165) is 5.56 Å². The second kappa shape index (κ2) is 4.82. The van der Waals surface area contributed by atoms with Gasteiger partial charge in [-0.2, -0.15) is 4.99 Å². The van der Waals surface area contributed by atoms with Crippen LogP contribution in [-0.2, 0) is 6.54 Å². The zero-order chi connectivity index (χ0) is 13.1. The van der Waals surface area contributed by atoms with E-state index >= 15 is 0 Å². The van der Waals surface area contributed by atoms with Crippen molar-refractivity contribution in [2.24, 2.45) is 16.5 Å². The fraction of sp³-hybridized carbons (Fsp3) is 0.273. The van der Waals surface area contributed by atoms with Crippen molar-refractivity contribution in [3.63, 3.8) is 0 Å². The number of para-hydroxylation sites is 1. The summed E-state index contributed by atoms with van der Waals surface area (Å²) in [6, 6.07) is 5.63. The van der Waals surface area contributed by atoms with Crippen LogP contribution in [-0.4, -0.2) is 30.7 Å². The van der Waals surface area contributed by atoms with Crippen LogP contribution < -0.4 is 20.9 Å². The third kappa shape index (κ3) is 2.45. The Morgan fingerprint density at radius 3 is 2.94 bits per heavy atom. The average molecular weight is 249 g/mol. The summed E-state index contributed by atoms with van der Waals surface area (Å²) >= 11 is 0. The summed E-state index contributed by atoms with van der Waals surface area (Å²) < 4.78 is 10.7. The number of nitrogens with zero attached hydrogens (tertiary/aromatic N) is 2. The van der Waals surface area contributed by atoms with Crippen LogP contribution in [0.1, 0.15) is 5.56 Å². The maximum atomic E-state index is 7.68. The van der Waals surface area contributed by atoms with E-state index in [1.54, 1.807) is 11.9 Å². The molecule has 0 aliphatic carbocycles. The van der Waals surface area contributed by atoms with Gasteiger partial charge in [0, 0.05) is 19.2 Å². The molecule has 1 aromatic carbocycles. The number of rotatable bonds is 2. The van der Waals surface area contributed by atoms with E-state index in [0.29, 0.717) is 18.0 Å². The summed E-state index contributed by atoms with van der Waals surface area (Å²) in [5, 5.41) is 7.68. The largest absolute Gasteiger partial charge is 0.454 e. The van der Waals surface area contributed by atoms with Gasteiger partial charge in [-0.05, 0) is 6.07 Å². The first-order valence-electron chi connectivity index (χ1n) is 5.34. The first kappa shape index (κ1) is 12.0.